The lowest BCUT2D eigenvalue weighted by molar-refractivity contribution is 0.261. The van der Waals surface area contributed by atoms with Gasteiger partial charge in [-0.2, -0.15) is 0 Å². The number of hydrogen-bond donors (Lipinski definition) is 1. The molecule has 0 bridgehead atoms. The Morgan fingerprint density at radius 1 is 1.30 bits per heavy atom. The van der Waals surface area contributed by atoms with E-state index < -0.39 is 0 Å². The molecule has 122 valence electrons. The lowest BCUT2D eigenvalue weighted by atomic mass is 10.3. The zero-order valence-electron chi connectivity index (χ0n) is 13.4. The third-order valence-electron chi connectivity index (χ3n) is 3.59. The normalized spacial score (nSPS) is 13.5. The summed E-state index contributed by atoms with van der Waals surface area (Å²) in [7, 11) is 4.06. The molecule has 0 radical (unpaired) electrons. The Balaban J connectivity index is 1.70. The zero-order valence-corrected chi connectivity index (χ0v) is 14.2. The summed E-state index contributed by atoms with van der Waals surface area (Å²) in [5.41, 5.74) is 1.08. The fourth-order valence-corrected chi connectivity index (χ4v) is 3.24. The number of likely N-dealkylation sites (N-methyl/N-ethyl adjacent to an activating group) is 1. The second-order valence-electron chi connectivity index (χ2n) is 5.66. The standard InChI is InChI=1S/C17H21N3O2S/c1-19(2)7-8-22-14-5-3-13(4-6-14)20-10-17-16(18-12-20)9-15(11-21)23-17/h3-6,9-10,21H,7-8,11-12H2,1-2H3. The molecular formula is C17H21N3O2S. The minimum absolute atomic E-state index is 0.0695. The van der Waals surface area contributed by atoms with Gasteiger partial charge >= 0.3 is 0 Å². The predicted molar refractivity (Wildman–Crippen MR) is 93.3 cm³/mol. The van der Waals surface area contributed by atoms with Gasteiger partial charge in [-0.3, -0.25) is 4.99 Å². The molecular weight excluding hydrogens is 310 g/mol. The van der Waals surface area contributed by atoms with E-state index >= 15 is 0 Å². The summed E-state index contributed by atoms with van der Waals surface area (Å²) < 4.78 is 6.80. The summed E-state index contributed by atoms with van der Waals surface area (Å²) in [5.74, 6) is 0.879. The summed E-state index contributed by atoms with van der Waals surface area (Å²) in [5, 5.41) is 10.2. The van der Waals surface area contributed by atoms with E-state index in [-0.39, 0.29) is 6.61 Å². The van der Waals surface area contributed by atoms with Crippen molar-refractivity contribution in [3.05, 3.63) is 45.1 Å². The van der Waals surface area contributed by atoms with Crippen molar-refractivity contribution in [1.29, 1.82) is 0 Å². The quantitative estimate of drug-likeness (QED) is 0.858. The van der Waals surface area contributed by atoms with Crippen LogP contribution in [0.5, 0.6) is 5.75 Å². The Bertz CT molecular complexity index is 768. The average Bonchev–Trinajstić information content (AvgIpc) is 2.97. The molecule has 6 heteroatoms. The maximum Gasteiger partial charge on any atom is 0.119 e. The molecule has 1 aromatic heterocycles. The van der Waals surface area contributed by atoms with Crippen LogP contribution in [0.2, 0.25) is 0 Å². The fraction of sp³-hybridized carbons (Fsp3) is 0.353. The summed E-state index contributed by atoms with van der Waals surface area (Å²) >= 11 is 1.58. The van der Waals surface area contributed by atoms with Crippen molar-refractivity contribution in [2.24, 2.45) is 4.99 Å². The Labute approximate surface area is 139 Å². The Morgan fingerprint density at radius 2 is 2.09 bits per heavy atom. The van der Waals surface area contributed by atoms with E-state index in [4.69, 9.17) is 4.74 Å². The van der Waals surface area contributed by atoms with Crippen LogP contribution < -0.4 is 19.5 Å². The lowest BCUT2D eigenvalue weighted by Gasteiger charge is -2.20. The van der Waals surface area contributed by atoms with Crippen molar-refractivity contribution in [2.45, 2.75) is 6.61 Å². The molecule has 3 rings (SSSR count). The molecule has 1 aliphatic heterocycles. The topological polar surface area (TPSA) is 48.3 Å². The number of anilines is 1. The highest BCUT2D eigenvalue weighted by Gasteiger charge is 2.09. The van der Waals surface area contributed by atoms with Crippen LogP contribution in [0.15, 0.2) is 35.3 Å². The second kappa shape index (κ2) is 7.12. The number of nitrogens with zero attached hydrogens (tertiary/aromatic N) is 3. The molecule has 0 saturated heterocycles. The van der Waals surface area contributed by atoms with Crippen molar-refractivity contribution >= 4 is 23.2 Å². The zero-order chi connectivity index (χ0) is 16.2. The van der Waals surface area contributed by atoms with Crippen LogP contribution in [0, 0.1) is 0 Å². The van der Waals surface area contributed by atoms with Gasteiger partial charge in [0.1, 0.15) is 19.0 Å². The molecule has 0 aliphatic carbocycles. The molecule has 0 unspecified atom stereocenters. The number of benzene rings is 1. The maximum atomic E-state index is 9.23. The molecule has 0 saturated carbocycles. The van der Waals surface area contributed by atoms with Crippen molar-refractivity contribution in [3.8, 4) is 5.75 Å². The summed E-state index contributed by atoms with van der Waals surface area (Å²) in [6.07, 6.45) is 2.09. The van der Waals surface area contributed by atoms with Gasteiger partial charge in [-0.1, -0.05) is 0 Å². The van der Waals surface area contributed by atoms with Gasteiger partial charge in [0.15, 0.2) is 0 Å². The highest BCUT2D eigenvalue weighted by molar-refractivity contribution is 7.09. The summed E-state index contributed by atoms with van der Waals surface area (Å²) in [6, 6.07) is 10.0. The van der Waals surface area contributed by atoms with Gasteiger partial charge in [-0.25, -0.2) is 0 Å². The molecule has 1 aliphatic rings. The highest BCUT2D eigenvalue weighted by atomic mass is 32.1. The molecule has 1 aromatic carbocycles. The molecule has 0 fully saturated rings. The first-order valence-corrected chi connectivity index (χ1v) is 8.37. The fourth-order valence-electron chi connectivity index (χ4n) is 2.31. The van der Waals surface area contributed by atoms with E-state index in [9.17, 15) is 5.11 Å². The van der Waals surface area contributed by atoms with E-state index in [2.05, 4.69) is 21.0 Å². The number of hydrogen-bond acceptors (Lipinski definition) is 6. The van der Waals surface area contributed by atoms with E-state index in [0.29, 0.717) is 13.3 Å². The summed E-state index contributed by atoms with van der Waals surface area (Å²) in [6.45, 7) is 2.24. The number of rotatable bonds is 6. The Hall–Kier alpha value is -1.89. The van der Waals surface area contributed by atoms with Crippen LogP contribution in [0.25, 0.3) is 6.20 Å². The monoisotopic (exact) mass is 331 g/mol. The first-order valence-electron chi connectivity index (χ1n) is 7.56. The van der Waals surface area contributed by atoms with E-state index in [1.54, 1.807) is 11.3 Å². The van der Waals surface area contributed by atoms with E-state index in [0.717, 1.165) is 32.7 Å². The van der Waals surface area contributed by atoms with Gasteiger partial charge in [0.2, 0.25) is 0 Å². The van der Waals surface area contributed by atoms with Gasteiger partial charge in [-0.15, -0.1) is 11.3 Å². The van der Waals surface area contributed by atoms with Crippen LogP contribution in [-0.4, -0.2) is 43.9 Å². The maximum absolute atomic E-state index is 9.23. The molecule has 5 nitrogen and oxygen atoms in total. The third kappa shape index (κ3) is 3.90. The molecule has 2 aromatic rings. The minimum Gasteiger partial charge on any atom is -0.492 e. The SMILES string of the molecule is CN(C)CCOc1ccc(N2C=c3sc(CO)cc3=NC2)cc1. The van der Waals surface area contributed by atoms with Gasteiger partial charge in [0.25, 0.3) is 0 Å². The van der Waals surface area contributed by atoms with Gasteiger partial charge < -0.3 is 19.6 Å². The lowest BCUT2D eigenvalue weighted by Crippen LogP contribution is -2.32. The minimum atomic E-state index is 0.0695. The van der Waals surface area contributed by atoms with Crippen molar-refractivity contribution in [2.75, 3.05) is 38.8 Å². The van der Waals surface area contributed by atoms with Crippen molar-refractivity contribution < 1.29 is 9.84 Å². The van der Waals surface area contributed by atoms with Crippen molar-refractivity contribution in [3.63, 3.8) is 0 Å². The molecule has 23 heavy (non-hydrogen) atoms. The molecule has 0 atom stereocenters. The van der Waals surface area contributed by atoms with Gasteiger partial charge in [-0.05, 0) is 44.4 Å². The van der Waals surface area contributed by atoms with Gasteiger partial charge in [0, 0.05) is 23.3 Å². The van der Waals surface area contributed by atoms with Crippen molar-refractivity contribution in [1.82, 2.24) is 4.90 Å². The third-order valence-corrected chi connectivity index (χ3v) is 4.63. The van der Waals surface area contributed by atoms with E-state index in [1.807, 2.05) is 44.4 Å². The van der Waals surface area contributed by atoms with Crippen LogP contribution >= 0.6 is 11.3 Å². The Kier molecular flexibility index (Phi) is 4.95. The number of aliphatic hydroxyl groups is 1. The smallest absolute Gasteiger partial charge is 0.119 e. The molecule has 1 N–H and O–H groups in total. The molecule has 0 amide bonds. The van der Waals surface area contributed by atoms with Crippen LogP contribution in [-0.2, 0) is 6.61 Å². The van der Waals surface area contributed by atoms with Crippen LogP contribution in [0.1, 0.15) is 4.88 Å². The largest absolute Gasteiger partial charge is 0.492 e. The van der Waals surface area contributed by atoms with Gasteiger partial charge in [0.05, 0.1) is 16.5 Å². The predicted octanol–water partition coefficient (Wildman–Crippen LogP) is 1.02. The highest BCUT2D eigenvalue weighted by Crippen LogP contribution is 2.20. The number of ether oxygens (including phenoxy) is 1. The number of fused-ring (bicyclic) bond motifs is 1. The molecule has 2 heterocycles. The van der Waals surface area contributed by atoms with Crippen LogP contribution in [0.3, 0.4) is 0 Å². The first kappa shape index (κ1) is 16.0. The van der Waals surface area contributed by atoms with E-state index in [1.165, 1.54) is 0 Å². The first-order chi connectivity index (χ1) is 11.2. The second-order valence-corrected chi connectivity index (χ2v) is 6.83. The summed E-state index contributed by atoms with van der Waals surface area (Å²) in [4.78, 5) is 9.71. The molecule has 0 spiro atoms. The number of aliphatic hydroxyl groups excluding tert-OH is 1. The Morgan fingerprint density at radius 3 is 2.78 bits per heavy atom. The number of thiophene rings is 1. The average molecular weight is 331 g/mol. The van der Waals surface area contributed by atoms with Crippen LogP contribution in [0.4, 0.5) is 5.69 Å².